The van der Waals surface area contributed by atoms with Gasteiger partial charge in [0.25, 0.3) is 0 Å². The zero-order valence-corrected chi connectivity index (χ0v) is 13.2. The molecule has 1 amide bonds. The highest BCUT2D eigenvalue weighted by atomic mass is 32.2. The first kappa shape index (κ1) is 16.5. The molecule has 0 aliphatic rings. The number of anilines is 1. The first-order valence-corrected chi connectivity index (χ1v) is 8.12. The number of amides is 1. The van der Waals surface area contributed by atoms with Gasteiger partial charge in [0.1, 0.15) is 5.75 Å². The van der Waals surface area contributed by atoms with Gasteiger partial charge in [0.05, 0.1) is 10.6 Å². The van der Waals surface area contributed by atoms with Gasteiger partial charge in [0.15, 0.2) is 9.84 Å². The van der Waals surface area contributed by atoms with Crippen LogP contribution in [0.3, 0.4) is 0 Å². The lowest BCUT2D eigenvalue weighted by molar-refractivity contribution is -0.120. The number of nitrogen functional groups attached to an aromatic ring is 1. The third kappa shape index (κ3) is 4.23. The van der Waals surface area contributed by atoms with E-state index in [1.165, 1.54) is 6.07 Å². The summed E-state index contributed by atoms with van der Waals surface area (Å²) >= 11 is 0. The minimum atomic E-state index is -3.72. The van der Waals surface area contributed by atoms with Crippen LogP contribution in [-0.2, 0) is 14.6 Å². The van der Waals surface area contributed by atoms with Crippen LogP contribution in [0.1, 0.15) is 32.8 Å². The fourth-order valence-electron chi connectivity index (χ4n) is 1.70. The molecule has 0 fully saturated rings. The summed E-state index contributed by atoms with van der Waals surface area (Å²) in [5.74, 6) is -1.11. The summed E-state index contributed by atoms with van der Waals surface area (Å²) < 4.78 is 24.4. The number of benzene rings is 1. The highest BCUT2D eigenvalue weighted by molar-refractivity contribution is 7.92. The molecule has 0 aliphatic heterocycles. The fourth-order valence-corrected chi connectivity index (χ4v) is 2.97. The molecule has 5 nitrogen and oxygen atoms in total. The molecule has 0 aliphatic carbocycles. The van der Waals surface area contributed by atoms with E-state index in [4.69, 9.17) is 5.73 Å². The number of aryl methyl sites for hydroxylation is 1. The van der Waals surface area contributed by atoms with Crippen molar-refractivity contribution in [1.29, 1.82) is 0 Å². The average molecular weight is 298 g/mol. The van der Waals surface area contributed by atoms with Crippen molar-refractivity contribution in [1.82, 2.24) is 5.32 Å². The molecule has 6 heteroatoms. The molecule has 1 aromatic rings. The summed E-state index contributed by atoms with van der Waals surface area (Å²) in [6.45, 7) is 7.44. The Hall–Kier alpha value is -1.56. The first-order valence-electron chi connectivity index (χ1n) is 6.47. The fraction of sp³-hybridized carbons (Fsp3) is 0.500. The molecule has 0 heterocycles. The van der Waals surface area contributed by atoms with Gasteiger partial charge < -0.3 is 11.1 Å². The van der Waals surface area contributed by atoms with Crippen molar-refractivity contribution >= 4 is 21.4 Å². The largest absolute Gasteiger partial charge is 0.398 e. The number of nitrogens with two attached hydrogens (primary N) is 1. The van der Waals surface area contributed by atoms with Gasteiger partial charge in [-0.1, -0.05) is 13.0 Å². The van der Waals surface area contributed by atoms with Crippen molar-refractivity contribution in [2.75, 3.05) is 11.5 Å². The van der Waals surface area contributed by atoms with Crippen molar-refractivity contribution < 1.29 is 13.2 Å². The zero-order valence-electron chi connectivity index (χ0n) is 12.4. The summed E-state index contributed by atoms with van der Waals surface area (Å²) in [5, 5.41) is 2.70. The van der Waals surface area contributed by atoms with E-state index in [-0.39, 0.29) is 10.6 Å². The number of hydrogen-bond acceptors (Lipinski definition) is 4. The van der Waals surface area contributed by atoms with E-state index in [9.17, 15) is 13.2 Å². The van der Waals surface area contributed by atoms with E-state index in [1.807, 2.05) is 27.7 Å². The lowest BCUT2D eigenvalue weighted by Crippen LogP contribution is -2.45. The Balaban J connectivity index is 2.93. The molecule has 0 bridgehead atoms. The lowest BCUT2D eigenvalue weighted by Gasteiger charge is -2.24. The van der Waals surface area contributed by atoms with E-state index in [0.29, 0.717) is 6.42 Å². The van der Waals surface area contributed by atoms with Crippen LogP contribution >= 0.6 is 0 Å². The Bertz CT molecular complexity index is 607. The molecule has 0 saturated carbocycles. The van der Waals surface area contributed by atoms with Crippen LogP contribution in [0.25, 0.3) is 0 Å². The van der Waals surface area contributed by atoms with Gasteiger partial charge in [-0.25, -0.2) is 8.42 Å². The van der Waals surface area contributed by atoms with E-state index in [0.717, 1.165) is 5.56 Å². The molecule has 0 radical (unpaired) electrons. The molecule has 0 spiro atoms. The van der Waals surface area contributed by atoms with Gasteiger partial charge in [-0.3, -0.25) is 4.79 Å². The lowest BCUT2D eigenvalue weighted by atomic mass is 10.0. The van der Waals surface area contributed by atoms with Crippen LogP contribution in [0.5, 0.6) is 0 Å². The number of sulfone groups is 1. The molecule has 1 rings (SSSR count). The summed E-state index contributed by atoms with van der Waals surface area (Å²) in [6.07, 6.45) is 0.714. The van der Waals surface area contributed by atoms with Gasteiger partial charge in [0.2, 0.25) is 5.91 Å². The maximum atomic E-state index is 12.2. The minimum Gasteiger partial charge on any atom is -0.398 e. The molecule has 0 aromatic heterocycles. The molecule has 20 heavy (non-hydrogen) atoms. The van der Waals surface area contributed by atoms with Crippen molar-refractivity contribution in [3.05, 3.63) is 23.8 Å². The SMILES string of the molecule is CCC(C)(C)NC(=O)CS(=O)(=O)c1ccc(C)cc1N. The Morgan fingerprint density at radius 2 is 1.95 bits per heavy atom. The van der Waals surface area contributed by atoms with Gasteiger partial charge in [0, 0.05) is 5.54 Å². The van der Waals surface area contributed by atoms with Gasteiger partial charge in [-0.05, 0) is 44.9 Å². The number of carbonyl (C=O) groups is 1. The first-order chi connectivity index (χ1) is 9.07. The Morgan fingerprint density at radius 3 is 2.45 bits per heavy atom. The molecular weight excluding hydrogens is 276 g/mol. The topological polar surface area (TPSA) is 89.3 Å². The molecular formula is C14H22N2O3S. The number of hydrogen-bond donors (Lipinski definition) is 2. The van der Waals surface area contributed by atoms with Crippen molar-refractivity contribution in [2.24, 2.45) is 0 Å². The Morgan fingerprint density at radius 1 is 1.35 bits per heavy atom. The van der Waals surface area contributed by atoms with E-state index in [2.05, 4.69) is 5.32 Å². The van der Waals surface area contributed by atoms with Crippen molar-refractivity contribution in [2.45, 2.75) is 44.6 Å². The third-order valence-electron chi connectivity index (χ3n) is 3.18. The van der Waals surface area contributed by atoms with Crippen LogP contribution in [0, 0.1) is 6.92 Å². The summed E-state index contributed by atoms with van der Waals surface area (Å²) in [5.41, 5.74) is 6.35. The molecule has 0 unspecified atom stereocenters. The second kappa shape index (κ2) is 5.83. The van der Waals surface area contributed by atoms with E-state index < -0.39 is 27.0 Å². The molecule has 1 aromatic carbocycles. The third-order valence-corrected chi connectivity index (χ3v) is 4.87. The maximum Gasteiger partial charge on any atom is 0.235 e. The molecule has 3 N–H and O–H groups in total. The Kier molecular flexibility index (Phi) is 4.81. The quantitative estimate of drug-likeness (QED) is 0.809. The van der Waals surface area contributed by atoms with Crippen LogP contribution in [0.2, 0.25) is 0 Å². The van der Waals surface area contributed by atoms with Crippen molar-refractivity contribution in [3.63, 3.8) is 0 Å². The van der Waals surface area contributed by atoms with Gasteiger partial charge in [-0.15, -0.1) is 0 Å². The number of rotatable bonds is 5. The van der Waals surface area contributed by atoms with E-state index >= 15 is 0 Å². The molecule has 112 valence electrons. The van der Waals surface area contributed by atoms with Crippen LogP contribution in [0.4, 0.5) is 5.69 Å². The van der Waals surface area contributed by atoms with Crippen molar-refractivity contribution in [3.8, 4) is 0 Å². The normalized spacial score (nSPS) is 12.2. The standard InChI is InChI=1S/C14H22N2O3S/c1-5-14(3,4)16-13(17)9-20(18,19)12-7-6-10(2)8-11(12)15/h6-8H,5,9,15H2,1-4H3,(H,16,17). The predicted octanol–water partition coefficient (Wildman–Crippen LogP) is 1.66. The Labute approximate surface area is 120 Å². The summed E-state index contributed by atoms with van der Waals surface area (Å²) in [6, 6.07) is 4.69. The predicted molar refractivity (Wildman–Crippen MR) is 80.2 cm³/mol. The molecule has 0 saturated heterocycles. The summed E-state index contributed by atoms with van der Waals surface area (Å²) in [7, 11) is -3.72. The summed E-state index contributed by atoms with van der Waals surface area (Å²) in [4.78, 5) is 11.9. The average Bonchev–Trinajstić information content (AvgIpc) is 2.26. The molecule has 0 atom stereocenters. The highest BCUT2D eigenvalue weighted by Crippen LogP contribution is 2.21. The second-order valence-electron chi connectivity index (χ2n) is 5.59. The minimum absolute atomic E-state index is 0.00699. The van der Waals surface area contributed by atoms with Crippen LogP contribution in [0.15, 0.2) is 23.1 Å². The van der Waals surface area contributed by atoms with Gasteiger partial charge in [-0.2, -0.15) is 0 Å². The van der Waals surface area contributed by atoms with E-state index in [1.54, 1.807) is 12.1 Å². The van der Waals surface area contributed by atoms with Gasteiger partial charge >= 0.3 is 0 Å². The maximum absolute atomic E-state index is 12.2. The highest BCUT2D eigenvalue weighted by Gasteiger charge is 2.25. The number of carbonyl (C=O) groups excluding carboxylic acids is 1. The van der Waals surface area contributed by atoms with Crippen LogP contribution in [-0.4, -0.2) is 25.6 Å². The zero-order chi connectivity index (χ0) is 15.6. The van der Waals surface area contributed by atoms with Crippen LogP contribution < -0.4 is 11.1 Å². The monoisotopic (exact) mass is 298 g/mol. The number of nitrogens with one attached hydrogen (secondary N) is 1. The smallest absolute Gasteiger partial charge is 0.235 e. The second-order valence-corrected chi connectivity index (χ2v) is 7.54.